The quantitative estimate of drug-likeness (QED) is 0.640. The number of benzene rings is 2. The zero-order chi connectivity index (χ0) is 18.4. The van der Waals surface area contributed by atoms with E-state index in [1.807, 2.05) is 26.0 Å². The van der Waals surface area contributed by atoms with Gasteiger partial charge in [-0.1, -0.05) is 60.7 Å². The summed E-state index contributed by atoms with van der Waals surface area (Å²) in [4.78, 5) is 14.6. The highest BCUT2D eigenvalue weighted by atomic mass is 32.2. The first-order chi connectivity index (χ1) is 12.7. The Kier molecular flexibility index (Phi) is 6.75. The zero-order valence-electron chi connectivity index (χ0n) is 15.5. The second kappa shape index (κ2) is 9.24. The van der Waals surface area contributed by atoms with Crippen LogP contribution in [0.25, 0.3) is 0 Å². The third-order valence-electron chi connectivity index (χ3n) is 4.60. The Bertz CT molecular complexity index is 650. The summed E-state index contributed by atoms with van der Waals surface area (Å²) in [6.07, 6.45) is 1.10. The largest absolute Gasteiger partial charge is 0.379 e. The summed E-state index contributed by atoms with van der Waals surface area (Å²) in [7, 11) is 0. The van der Waals surface area contributed by atoms with Gasteiger partial charge in [-0.05, 0) is 31.4 Å². The Balaban J connectivity index is 1.81. The predicted molar refractivity (Wildman–Crippen MR) is 108 cm³/mol. The molecule has 3 rings (SSSR count). The number of nitrogens with zero attached hydrogens (tertiary/aromatic N) is 1. The van der Waals surface area contributed by atoms with Crippen LogP contribution in [0.15, 0.2) is 60.7 Å². The van der Waals surface area contributed by atoms with Crippen LogP contribution in [0, 0.1) is 0 Å². The van der Waals surface area contributed by atoms with E-state index in [1.165, 1.54) is 11.1 Å². The number of amides is 1. The van der Waals surface area contributed by atoms with Crippen molar-refractivity contribution in [3.63, 3.8) is 0 Å². The maximum Gasteiger partial charge on any atom is 0.233 e. The molecule has 0 radical (unpaired) electrons. The van der Waals surface area contributed by atoms with Gasteiger partial charge in [0.25, 0.3) is 0 Å². The van der Waals surface area contributed by atoms with Crippen LogP contribution in [0.3, 0.4) is 0 Å². The van der Waals surface area contributed by atoms with E-state index in [1.54, 1.807) is 11.8 Å². The molecule has 0 aliphatic carbocycles. The van der Waals surface area contributed by atoms with Crippen molar-refractivity contribution in [3.05, 3.63) is 71.8 Å². The molecule has 1 atom stereocenters. The second-order valence-corrected chi connectivity index (χ2v) is 7.97. The number of hydrogen-bond donors (Lipinski definition) is 0. The van der Waals surface area contributed by atoms with E-state index in [4.69, 9.17) is 4.74 Å². The molecule has 1 aliphatic rings. The highest BCUT2D eigenvalue weighted by molar-refractivity contribution is 8.01. The van der Waals surface area contributed by atoms with Crippen molar-refractivity contribution in [1.29, 1.82) is 0 Å². The molecule has 0 aromatic heterocycles. The van der Waals surface area contributed by atoms with Gasteiger partial charge in [0, 0.05) is 19.1 Å². The Morgan fingerprint density at radius 2 is 1.62 bits per heavy atom. The third-order valence-corrected chi connectivity index (χ3v) is 5.88. The SMILES string of the molecule is CC(C)OCCCN1C(=O)CSC1C(c1ccccc1)c1ccccc1. The van der Waals surface area contributed by atoms with Crippen LogP contribution < -0.4 is 0 Å². The highest BCUT2D eigenvalue weighted by Crippen LogP contribution is 2.40. The molecule has 1 saturated heterocycles. The van der Waals surface area contributed by atoms with Crippen LogP contribution in [0.4, 0.5) is 0 Å². The number of hydrogen-bond acceptors (Lipinski definition) is 3. The second-order valence-electron chi connectivity index (χ2n) is 6.86. The smallest absolute Gasteiger partial charge is 0.233 e. The molecule has 0 bridgehead atoms. The molecule has 26 heavy (non-hydrogen) atoms. The summed E-state index contributed by atoms with van der Waals surface area (Å²) < 4.78 is 5.66. The van der Waals surface area contributed by atoms with Crippen LogP contribution in [0.2, 0.25) is 0 Å². The first-order valence-electron chi connectivity index (χ1n) is 9.29. The Morgan fingerprint density at radius 3 is 2.15 bits per heavy atom. The maximum atomic E-state index is 12.5. The summed E-state index contributed by atoms with van der Waals surface area (Å²) in [6, 6.07) is 21.1. The number of carbonyl (C=O) groups is 1. The van der Waals surface area contributed by atoms with E-state index in [-0.39, 0.29) is 23.3 Å². The first kappa shape index (κ1) is 19.0. The minimum absolute atomic E-state index is 0.131. The molecule has 1 amide bonds. The molecule has 0 spiro atoms. The fourth-order valence-electron chi connectivity index (χ4n) is 3.40. The van der Waals surface area contributed by atoms with Gasteiger partial charge in [0.1, 0.15) is 0 Å². The topological polar surface area (TPSA) is 29.5 Å². The normalized spacial score (nSPS) is 17.5. The molecular weight excluding hydrogens is 342 g/mol. The van der Waals surface area contributed by atoms with Crippen molar-refractivity contribution in [2.24, 2.45) is 0 Å². The van der Waals surface area contributed by atoms with Crippen molar-refractivity contribution in [1.82, 2.24) is 4.90 Å². The number of rotatable bonds is 8. The lowest BCUT2D eigenvalue weighted by molar-refractivity contribution is -0.128. The first-order valence-corrected chi connectivity index (χ1v) is 10.3. The van der Waals surface area contributed by atoms with Crippen LogP contribution in [0.5, 0.6) is 0 Å². The van der Waals surface area contributed by atoms with E-state index in [0.717, 1.165) is 13.0 Å². The third kappa shape index (κ3) is 4.68. The van der Waals surface area contributed by atoms with Crippen LogP contribution in [-0.4, -0.2) is 41.2 Å². The van der Waals surface area contributed by atoms with Gasteiger partial charge in [0.15, 0.2) is 0 Å². The van der Waals surface area contributed by atoms with E-state index < -0.39 is 0 Å². The van der Waals surface area contributed by atoms with E-state index >= 15 is 0 Å². The zero-order valence-corrected chi connectivity index (χ0v) is 16.3. The lowest BCUT2D eigenvalue weighted by atomic mass is 9.90. The standard InChI is InChI=1S/C22H27NO2S/c1-17(2)25-15-9-14-23-20(24)16-26-22(23)21(18-10-5-3-6-11-18)19-12-7-4-8-13-19/h3-8,10-13,17,21-22H,9,14-16H2,1-2H3. The highest BCUT2D eigenvalue weighted by Gasteiger charge is 2.38. The predicted octanol–water partition coefficient (Wildman–Crippen LogP) is 4.54. The fourth-order valence-corrected chi connectivity index (χ4v) is 4.78. The van der Waals surface area contributed by atoms with Gasteiger partial charge in [-0.2, -0.15) is 0 Å². The molecular formula is C22H27NO2S. The van der Waals surface area contributed by atoms with Crippen LogP contribution in [-0.2, 0) is 9.53 Å². The lowest BCUT2D eigenvalue weighted by Gasteiger charge is -2.32. The van der Waals surface area contributed by atoms with Gasteiger partial charge in [0.2, 0.25) is 5.91 Å². The molecule has 138 valence electrons. The van der Waals surface area contributed by atoms with E-state index in [0.29, 0.717) is 12.4 Å². The van der Waals surface area contributed by atoms with Gasteiger partial charge in [-0.25, -0.2) is 0 Å². The van der Waals surface area contributed by atoms with Gasteiger partial charge in [-0.3, -0.25) is 4.79 Å². The maximum absolute atomic E-state index is 12.5. The summed E-state index contributed by atoms with van der Waals surface area (Å²) in [6.45, 7) is 5.53. The van der Waals surface area contributed by atoms with Crippen molar-refractivity contribution in [2.45, 2.75) is 37.7 Å². The Labute approximate surface area is 160 Å². The summed E-state index contributed by atoms with van der Waals surface area (Å²) in [5.41, 5.74) is 2.52. The molecule has 0 N–H and O–H groups in total. The molecule has 1 aliphatic heterocycles. The molecule has 1 fully saturated rings. The van der Waals surface area contributed by atoms with Crippen molar-refractivity contribution in [2.75, 3.05) is 18.9 Å². The minimum atomic E-state index is 0.131. The van der Waals surface area contributed by atoms with Gasteiger partial charge in [-0.15, -0.1) is 11.8 Å². The molecule has 4 heteroatoms. The lowest BCUT2D eigenvalue weighted by Crippen LogP contribution is -2.38. The monoisotopic (exact) mass is 369 g/mol. The van der Waals surface area contributed by atoms with Crippen molar-refractivity contribution < 1.29 is 9.53 Å². The molecule has 1 unspecified atom stereocenters. The van der Waals surface area contributed by atoms with Gasteiger partial charge in [0.05, 0.1) is 17.2 Å². The molecule has 3 nitrogen and oxygen atoms in total. The fraction of sp³-hybridized carbons (Fsp3) is 0.409. The number of carbonyl (C=O) groups excluding carboxylic acids is 1. The van der Waals surface area contributed by atoms with Crippen molar-refractivity contribution in [3.8, 4) is 0 Å². The summed E-state index contributed by atoms with van der Waals surface area (Å²) in [5, 5.41) is 0.131. The average molecular weight is 370 g/mol. The van der Waals surface area contributed by atoms with Crippen LogP contribution >= 0.6 is 11.8 Å². The van der Waals surface area contributed by atoms with Gasteiger partial charge < -0.3 is 9.64 Å². The summed E-state index contributed by atoms with van der Waals surface area (Å²) in [5.74, 6) is 0.979. The van der Waals surface area contributed by atoms with E-state index in [2.05, 4.69) is 53.4 Å². The average Bonchev–Trinajstić information content (AvgIpc) is 3.01. The Morgan fingerprint density at radius 1 is 1.04 bits per heavy atom. The van der Waals surface area contributed by atoms with Crippen molar-refractivity contribution >= 4 is 17.7 Å². The Hall–Kier alpha value is -1.78. The van der Waals surface area contributed by atoms with E-state index in [9.17, 15) is 4.79 Å². The summed E-state index contributed by atoms with van der Waals surface area (Å²) >= 11 is 1.76. The van der Waals surface area contributed by atoms with Crippen LogP contribution in [0.1, 0.15) is 37.3 Å². The molecule has 2 aromatic rings. The molecule has 2 aromatic carbocycles. The number of thioether (sulfide) groups is 1. The minimum Gasteiger partial charge on any atom is -0.379 e. The molecule has 1 heterocycles. The van der Waals surface area contributed by atoms with Gasteiger partial charge >= 0.3 is 0 Å². The molecule has 0 saturated carbocycles. The number of ether oxygens (including phenoxy) is 1.